The van der Waals surface area contributed by atoms with E-state index < -0.39 is 0 Å². The van der Waals surface area contributed by atoms with Crippen LogP contribution in [-0.2, 0) is 6.42 Å². The van der Waals surface area contributed by atoms with Crippen molar-refractivity contribution in [2.75, 3.05) is 26.2 Å². The number of amides is 2. The molecule has 2 rings (SSSR count). The molecule has 1 heterocycles. The number of carbonyl (C=O) groups excluding carboxylic acids is 1. The fourth-order valence-electron chi connectivity index (χ4n) is 2.44. The number of piperidine rings is 1. The topological polar surface area (TPSA) is 58.4 Å². The van der Waals surface area contributed by atoms with Crippen molar-refractivity contribution >= 4 is 6.03 Å². The average molecular weight is 261 g/mol. The number of rotatable bonds is 4. The van der Waals surface area contributed by atoms with Crippen molar-refractivity contribution in [3.8, 4) is 0 Å². The lowest BCUT2D eigenvalue weighted by Gasteiger charge is -2.31. The number of likely N-dealkylation sites (tertiary alicyclic amines) is 1. The minimum atomic E-state index is 0.0615. The molecule has 1 fully saturated rings. The Morgan fingerprint density at radius 2 is 1.95 bits per heavy atom. The molecular formula is C15H23N3O. The second-order valence-electron chi connectivity index (χ2n) is 5.13. The van der Waals surface area contributed by atoms with Crippen LogP contribution in [0.25, 0.3) is 0 Å². The standard InChI is InChI=1S/C15H23N3O/c16-12-14-7-10-18(11-8-14)15(19)17-9-6-13-4-2-1-3-5-13/h1-5,14H,6-12,16H2,(H,17,19). The van der Waals surface area contributed by atoms with Crippen molar-refractivity contribution in [2.45, 2.75) is 19.3 Å². The smallest absolute Gasteiger partial charge is 0.317 e. The van der Waals surface area contributed by atoms with Gasteiger partial charge in [-0.05, 0) is 37.3 Å². The summed E-state index contributed by atoms with van der Waals surface area (Å²) in [5.74, 6) is 0.591. The van der Waals surface area contributed by atoms with Crippen molar-refractivity contribution in [1.29, 1.82) is 0 Å². The molecular weight excluding hydrogens is 238 g/mol. The fourth-order valence-corrected chi connectivity index (χ4v) is 2.44. The van der Waals surface area contributed by atoms with Crippen molar-refractivity contribution in [3.05, 3.63) is 35.9 Å². The molecule has 0 unspecified atom stereocenters. The molecule has 0 spiro atoms. The van der Waals surface area contributed by atoms with Crippen LogP contribution < -0.4 is 11.1 Å². The highest BCUT2D eigenvalue weighted by Crippen LogP contribution is 2.15. The summed E-state index contributed by atoms with van der Waals surface area (Å²) >= 11 is 0. The molecule has 0 radical (unpaired) electrons. The van der Waals surface area contributed by atoms with Crippen molar-refractivity contribution in [3.63, 3.8) is 0 Å². The van der Waals surface area contributed by atoms with Crippen molar-refractivity contribution < 1.29 is 4.79 Å². The van der Waals surface area contributed by atoms with Crippen LogP contribution in [0.4, 0.5) is 4.79 Å². The first kappa shape index (κ1) is 13.9. The quantitative estimate of drug-likeness (QED) is 0.865. The maximum Gasteiger partial charge on any atom is 0.317 e. The van der Waals surface area contributed by atoms with Crippen LogP contribution >= 0.6 is 0 Å². The average Bonchev–Trinajstić information content (AvgIpc) is 2.48. The van der Waals surface area contributed by atoms with Gasteiger partial charge in [0.25, 0.3) is 0 Å². The molecule has 1 aromatic rings. The first-order valence-corrected chi connectivity index (χ1v) is 7.06. The predicted octanol–water partition coefficient (Wildman–Crippen LogP) is 1.61. The number of nitrogens with one attached hydrogen (secondary N) is 1. The van der Waals surface area contributed by atoms with Gasteiger partial charge in [0, 0.05) is 19.6 Å². The summed E-state index contributed by atoms with van der Waals surface area (Å²) in [6, 6.07) is 10.3. The number of hydrogen-bond acceptors (Lipinski definition) is 2. The predicted molar refractivity (Wildman–Crippen MR) is 76.9 cm³/mol. The van der Waals surface area contributed by atoms with E-state index in [0.29, 0.717) is 12.5 Å². The van der Waals surface area contributed by atoms with Crippen LogP contribution in [0, 0.1) is 5.92 Å². The molecule has 3 N–H and O–H groups in total. The molecule has 0 saturated carbocycles. The summed E-state index contributed by atoms with van der Waals surface area (Å²) in [4.78, 5) is 13.9. The third-order valence-electron chi connectivity index (χ3n) is 3.77. The Balaban J connectivity index is 1.67. The van der Waals surface area contributed by atoms with Gasteiger partial charge in [0.05, 0.1) is 0 Å². The van der Waals surface area contributed by atoms with E-state index in [-0.39, 0.29) is 6.03 Å². The van der Waals surface area contributed by atoms with Crippen LogP contribution in [-0.4, -0.2) is 37.1 Å². The number of carbonyl (C=O) groups is 1. The first-order valence-electron chi connectivity index (χ1n) is 7.06. The maximum atomic E-state index is 12.0. The van der Waals surface area contributed by atoms with Gasteiger partial charge in [0.1, 0.15) is 0 Å². The Hall–Kier alpha value is -1.55. The Morgan fingerprint density at radius 3 is 2.58 bits per heavy atom. The number of benzene rings is 1. The summed E-state index contributed by atoms with van der Waals surface area (Å²) in [6.07, 6.45) is 2.94. The molecule has 104 valence electrons. The lowest BCUT2D eigenvalue weighted by Crippen LogP contribution is -2.45. The third-order valence-corrected chi connectivity index (χ3v) is 3.77. The van der Waals surface area contributed by atoms with Gasteiger partial charge in [0.2, 0.25) is 0 Å². The van der Waals surface area contributed by atoms with Crippen LogP contribution in [0.1, 0.15) is 18.4 Å². The third kappa shape index (κ3) is 4.24. The molecule has 1 aliphatic rings. The Kier molecular flexibility index (Phi) is 5.21. The highest BCUT2D eigenvalue weighted by Gasteiger charge is 2.21. The summed E-state index contributed by atoms with van der Waals surface area (Å²) in [5, 5.41) is 2.99. The van der Waals surface area contributed by atoms with Crippen molar-refractivity contribution in [2.24, 2.45) is 11.7 Å². The zero-order chi connectivity index (χ0) is 13.5. The molecule has 1 aliphatic heterocycles. The van der Waals surface area contributed by atoms with E-state index in [0.717, 1.165) is 38.9 Å². The molecule has 2 amide bonds. The second kappa shape index (κ2) is 7.14. The van der Waals surface area contributed by atoms with E-state index in [4.69, 9.17) is 5.73 Å². The molecule has 0 aromatic heterocycles. The maximum absolute atomic E-state index is 12.0. The van der Waals surface area contributed by atoms with E-state index >= 15 is 0 Å². The molecule has 0 aliphatic carbocycles. The minimum absolute atomic E-state index is 0.0615. The number of nitrogens with two attached hydrogens (primary N) is 1. The second-order valence-corrected chi connectivity index (χ2v) is 5.13. The van der Waals surface area contributed by atoms with E-state index in [1.807, 2.05) is 23.1 Å². The SMILES string of the molecule is NCC1CCN(C(=O)NCCc2ccccc2)CC1. The van der Waals surface area contributed by atoms with E-state index in [2.05, 4.69) is 17.4 Å². The van der Waals surface area contributed by atoms with Crippen LogP contribution in [0.15, 0.2) is 30.3 Å². The van der Waals surface area contributed by atoms with Crippen LogP contribution in [0.2, 0.25) is 0 Å². The molecule has 4 nitrogen and oxygen atoms in total. The Morgan fingerprint density at radius 1 is 1.26 bits per heavy atom. The fraction of sp³-hybridized carbons (Fsp3) is 0.533. The van der Waals surface area contributed by atoms with Gasteiger partial charge in [-0.3, -0.25) is 0 Å². The van der Waals surface area contributed by atoms with Crippen LogP contribution in [0.5, 0.6) is 0 Å². The number of urea groups is 1. The lowest BCUT2D eigenvalue weighted by molar-refractivity contribution is 0.172. The summed E-state index contributed by atoms with van der Waals surface area (Å²) in [7, 11) is 0. The van der Waals surface area contributed by atoms with E-state index in [1.165, 1.54) is 5.56 Å². The molecule has 0 atom stereocenters. The van der Waals surface area contributed by atoms with Gasteiger partial charge in [-0.2, -0.15) is 0 Å². The molecule has 0 bridgehead atoms. The molecule has 19 heavy (non-hydrogen) atoms. The normalized spacial score (nSPS) is 16.4. The summed E-state index contributed by atoms with van der Waals surface area (Å²) in [5.41, 5.74) is 6.90. The highest BCUT2D eigenvalue weighted by molar-refractivity contribution is 5.74. The monoisotopic (exact) mass is 261 g/mol. The number of hydrogen-bond donors (Lipinski definition) is 2. The minimum Gasteiger partial charge on any atom is -0.338 e. The van der Waals surface area contributed by atoms with Gasteiger partial charge < -0.3 is 16.0 Å². The first-order chi connectivity index (χ1) is 9.29. The largest absolute Gasteiger partial charge is 0.338 e. The van der Waals surface area contributed by atoms with E-state index in [1.54, 1.807) is 0 Å². The zero-order valence-electron chi connectivity index (χ0n) is 11.3. The van der Waals surface area contributed by atoms with E-state index in [9.17, 15) is 4.79 Å². The summed E-state index contributed by atoms with van der Waals surface area (Å²) < 4.78 is 0. The zero-order valence-corrected chi connectivity index (χ0v) is 11.3. The molecule has 4 heteroatoms. The van der Waals surface area contributed by atoms with Crippen molar-refractivity contribution in [1.82, 2.24) is 10.2 Å². The Bertz CT molecular complexity index is 386. The van der Waals surface area contributed by atoms with Gasteiger partial charge in [-0.25, -0.2) is 4.79 Å². The van der Waals surface area contributed by atoms with Crippen LogP contribution in [0.3, 0.4) is 0 Å². The molecule has 1 saturated heterocycles. The highest BCUT2D eigenvalue weighted by atomic mass is 16.2. The molecule has 1 aromatic carbocycles. The lowest BCUT2D eigenvalue weighted by atomic mass is 9.97. The van der Waals surface area contributed by atoms with Gasteiger partial charge in [0.15, 0.2) is 0 Å². The van der Waals surface area contributed by atoms with Gasteiger partial charge in [-0.1, -0.05) is 30.3 Å². The summed E-state index contributed by atoms with van der Waals surface area (Å²) in [6.45, 7) is 3.10. The van der Waals surface area contributed by atoms with Gasteiger partial charge >= 0.3 is 6.03 Å². The number of nitrogens with zero attached hydrogens (tertiary/aromatic N) is 1. The van der Waals surface area contributed by atoms with Gasteiger partial charge in [-0.15, -0.1) is 0 Å². The Labute approximate surface area is 115 Å².